The van der Waals surface area contributed by atoms with Crippen molar-refractivity contribution in [1.29, 1.82) is 0 Å². The first-order valence-corrected chi connectivity index (χ1v) is 33.0. The Morgan fingerprint density at radius 1 is 0.259 bits per heavy atom. The van der Waals surface area contributed by atoms with Crippen LogP contribution in [0.5, 0.6) is 0 Å². The van der Waals surface area contributed by atoms with Crippen LogP contribution in [-0.2, 0) is 28.6 Å². The van der Waals surface area contributed by atoms with Crippen molar-refractivity contribution >= 4 is 17.9 Å². The Kier molecular flexibility index (Phi) is 63.4. The summed E-state index contributed by atoms with van der Waals surface area (Å²) in [5.74, 6) is -0.923. The third kappa shape index (κ3) is 65.7. The van der Waals surface area contributed by atoms with Crippen LogP contribution in [0.4, 0.5) is 0 Å². The molecule has 0 saturated heterocycles. The first kappa shape index (κ1) is 76.0. The maximum atomic E-state index is 12.8. The molecule has 0 aromatic rings. The maximum absolute atomic E-state index is 12.8. The molecule has 0 radical (unpaired) electrons. The fourth-order valence-corrected chi connectivity index (χ4v) is 8.66. The minimum Gasteiger partial charge on any atom is -0.462 e. The Morgan fingerprint density at radius 3 is 0.753 bits per heavy atom. The van der Waals surface area contributed by atoms with E-state index in [1.165, 1.54) is 70.6 Å². The minimum absolute atomic E-state index is 0.0892. The Labute approximate surface area is 499 Å². The molecule has 81 heavy (non-hydrogen) atoms. The van der Waals surface area contributed by atoms with Gasteiger partial charge in [0, 0.05) is 19.3 Å². The Bertz CT molecular complexity index is 1810. The van der Waals surface area contributed by atoms with Crippen molar-refractivity contribution in [1.82, 2.24) is 0 Å². The van der Waals surface area contributed by atoms with E-state index < -0.39 is 6.10 Å². The summed E-state index contributed by atoms with van der Waals surface area (Å²) in [6.45, 7) is 6.31. The quantitative estimate of drug-likeness (QED) is 0.0261. The highest BCUT2D eigenvalue weighted by atomic mass is 16.6. The van der Waals surface area contributed by atoms with Gasteiger partial charge in [0.05, 0.1) is 0 Å². The zero-order chi connectivity index (χ0) is 58.5. The van der Waals surface area contributed by atoms with Gasteiger partial charge in [0.1, 0.15) is 13.2 Å². The number of hydrogen-bond acceptors (Lipinski definition) is 6. The van der Waals surface area contributed by atoms with Gasteiger partial charge in [-0.2, -0.15) is 0 Å². The predicted octanol–water partition coefficient (Wildman–Crippen LogP) is 22.9. The standard InChI is InChI=1S/C75H120O6/c1-4-7-10-13-15-17-19-21-23-25-27-29-31-33-35-36-37-38-40-41-43-45-47-49-51-53-55-57-59-62-65-68-74(77)80-71-72(70-79-73(76)67-64-61-12-9-6-3)81-75(78)69-66-63-60-58-56-54-52-50-48-46-44-42-39-34-32-30-28-26-24-22-20-18-16-14-11-8-5-2/h7-8,10-11,15-18,21-24,27-30,33-35,37-39,41,43,47,49,72H,4-6,9,12-14,19-20,25-26,31-32,36,40,42,44-46,48,50-71H2,1-3H3/b10-7-,11-8-,17-15-,18-16-,23-21-,24-22-,29-27-,30-28-,35-33-,38-37-,39-34-,43-41-,49-47-. The molecule has 0 aliphatic heterocycles. The van der Waals surface area contributed by atoms with Crippen LogP contribution in [0.1, 0.15) is 278 Å². The molecule has 6 heteroatoms. The monoisotopic (exact) mass is 1120 g/mol. The molecule has 0 heterocycles. The van der Waals surface area contributed by atoms with Gasteiger partial charge < -0.3 is 14.2 Å². The van der Waals surface area contributed by atoms with Gasteiger partial charge in [-0.3, -0.25) is 14.4 Å². The summed E-state index contributed by atoms with van der Waals surface area (Å²) in [5.41, 5.74) is 0. The van der Waals surface area contributed by atoms with Crippen molar-refractivity contribution in [3.63, 3.8) is 0 Å². The molecule has 0 aromatic heterocycles. The van der Waals surface area contributed by atoms with Crippen LogP contribution in [0, 0.1) is 0 Å². The number of allylic oxidation sites excluding steroid dienone is 26. The highest BCUT2D eigenvalue weighted by molar-refractivity contribution is 5.71. The maximum Gasteiger partial charge on any atom is 0.306 e. The topological polar surface area (TPSA) is 78.9 Å². The van der Waals surface area contributed by atoms with Crippen molar-refractivity contribution in [3.05, 3.63) is 158 Å². The van der Waals surface area contributed by atoms with Crippen molar-refractivity contribution in [3.8, 4) is 0 Å². The van der Waals surface area contributed by atoms with E-state index in [1.807, 2.05) is 0 Å². The van der Waals surface area contributed by atoms with E-state index >= 15 is 0 Å². The van der Waals surface area contributed by atoms with Gasteiger partial charge >= 0.3 is 17.9 Å². The van der Waals surface area contributed by atoms with Crippen LogP contribution in [0.3, 0.4) is 0 Å². The Morgan fingerprint density at radius 2 is 0.481 bits per heavy atom. The summed E-state index contributed by atoms with van der Waals surface area (Å²) in [6, 6.07) is 0. The van der Waals surface area contributed by atoms with Gasteiger partial charge in [-0.15, -0.1) is 0 Å². The molecule has 0 aromatic carbocycles. The van der Waals surface area contributed by atoms with Crippen LogP contribution in [0.15, 0.2) is 158 Å². The average Bonchev–Trinajstić information content (AvgIpc) is 3.47. The molecule has 1 atom stereocenters. The van der Waals surface area contributed by atoms with Gasteiger partial charge in [-0.25, -0.2) is 0 Å². The summed E-state index contributed by atoms with van der Waals surface area (Å²) in [7, 11) is 0. The second-order valence-corrected chi connectivity index (χ2v) is 21.3. The lowest BCUT2D eigenvalue weighted by molar-refractivity contribution is -0.167. The third-order valence-electron chi connectivity index (χ3n) is 13.5. The zero-order valence-corrected chi connectivity index (χ0v) is 52.2. The lowest BCUT2D eigenvalue weighted by atomic mass is 10.0. The van der Waals surface area contributed by atoms with E-state index in [9.17, 15) is 14.4 Å². The lowest BCUT2D eigenvalue weighted by Crippen LogP contribution is -2.30. The second-order valence-electron chi connectivity index (χ2n) is 21.3. The van der Waals surface area contributed by atoms with Gasteiger partial charge in [0.2, 0.25) is 0 Å². The average molecular weight is 1120 g/mol. The molecule has 0 bridgehead atoms. The van der Waals surface area contributed by atoms with E-state index in [0.717, 1.165) is 167 Å². The summed E-state index contributed by atoms with van der Waals surface area (Å²) in [4.78, 5) is 38.0. The molecule has 0 saturated carbocycles. The highest BCUT2D eigenvalue weighted by Crippen LogP contribution is 2.15. The van der Waals surface area contributed by atoms with E-state index in [1.54, 1.807) is 0 Å². The second kappa shape index (κ2) is 67.5. The number of hydrogen-bond donors (Lipinski definition) is 0. The molecule has 0 fully saturated rings. The Hall–Kier alpha value is -4.97. The van der Waals surface area contributed by atoms with Gasteiger partial charge in [-0.05, 0) is 128 Å². The Balaban J connectivity index is 4.12. The van der Waals surface area contributed by atoms with Crippen LogP contribution in [0.2, 0.25) is 0 Å². The third-order valence-corrected chi connectivity index (χ3v) is 13.5. The minimum atomic E-state index is -0.790. The number of carbonyl (C=O) groups is 3. The summed E-state index contributed by atoms with van der Waals surface area (Å²) >= 11 is 0. The largest absolute Gasteiger partial charge is 0.462 e. The van der Waals surface area contributed by atoms with E-state index in [-0.39, 0.29) is 31.1 Å². The predicted molar refractivity (Wildman–Crippen MR) is 352 cm³/mol. The number of unbranched alkanes of at least 4 members (excludes halogenated alkanes) is 21. The molecule has 0 spiro atoms. The zero-order valence-electron chi connectivity index (χ0n) is 52.2. The molecule has 1 unspecified atom stereocenters. The van der Waals surface area contributed by atoms with Crippen LogP contribution >= 0.6 is 0 Å². The fourth-order valence-electron chi connectivity index (χ4n) is 8.66. The van der Waals surface area contributed by atoms with Crippen LogP contribution in [-0.4, -0.2) is 37.2 Å². The van der Waals surface area contributed by atoms with Crippen LogP contribution in [0.25, 0.3) is 0 Å². The summed E-state index contributed by atoms with van der Waals surface area (Å²) < 4.78 is 16.8. The van der Waals surface area contributed by atoms with E-state index in [0.29, 0.717) is 19.3 Å². The molecule has 0 rings (SSSR count). The van der Waals surface area contributed by atoms with Crippen molar-refractivity contribution in [2.45, 2.75) is 284 Å². The number of rotatable bonds is 58. The SMILES string of the molecule is CC/C=C\C/C=C\C/C=C\C/C=C\C/C=C\C/C=C\C/C=C\C/C=C\CCCCCCCCC(=O)OCC(COC(=O)CCCCCCC)OC(=O)CCCCCCCCCCCCC/C=C\C/C=C\C/C=C\C/C=C\C/C=C\CC. The van der Waals surface area contributed by atoms with Crippen molar-refractivity contribution in [2.75, 3.05) is 13.2 Å². The van der Waals surface area contributed by atoms with E-state index in [2.05, 4.69) is 179 Å². The van der Waals surface area contributed by atoms with Gasteiger partial charge in [-0.1, -0.05) is 288 Å². The summed E-state index contributed by atoms with van der Waals surface area (Å²) in [6.07, 6.45) is 98.7. The van der Waals surface area contributed by atoms with Crippen LogP contribution < -0.4 is 0 Å². The molecule has 0 N–H and O–H groups in total. The molecule has 0 aliphatic carbocycles. The molecular formula is C75H120O6. The molecule has 0 amide bonds. The number of ether oxygens (including phenoxy) is 3. The highest BCUT2D eigenvalue weighted by Gasteiger charge is 2.19. The summed E-state index contributed by atoms with van der Waals surface area (Å²) in [5, 5.41) is 0. The first-order valence-electron chi connectivity index (χ1n) is 33.0. The number of esters is 3. The van der Waals surface area contributed by atoms with Gasteiger partial charge in [0.25, 0.3) is 0 Å². The number of carbonyl (C=O) groups excluding carboxylic acids is 3. The normalized spacial score (nSPS) is 13.2. The molecule has 6 nitrogen and oxygen atoms in total. The first-order chi connectivity index (χ1) is 40.0. The van der Waals surface area contributed by atoms with Crippen molar-refractivity contribution in [2.24, 2.45) is 0 Å². The van der Waals surface area contributed by atoms with Crippen molar-refractivity contribution < 1.29 is 28.6 Å². The molecule has 456 valence electrons. The lowest BCUT2D eigenvalue weighted by Gasteiger charge is -2.18. The molecular weight excluding hydrogens is 997 g/mol. The fraction of sp³-hybridized carbons (Fsp3) is 0.613. The molecule has 0 aliphatic rings. The van der Waals surface area contributed by atoms with E-state index in [4.69, 9.17) is 14.2 Å². The van der Waals surface area contributed by atoms with Gasteiger partial charge in [0.15, 0.2) is 6.10 Å². The smallest absolute Gasteiger partial charge is 0.306 e.